The largest absolute Gasteiger partial charge is 0.300 e. The molecule has 2 atom stereocenters. The summed E-state index contributed by atoms with van der Waals surface area (Å²) in [6.07, 6.45) is 4.09. The van der Waals surface area contributed by atoms with Crippen LogP contribution in [0.15, 0.2) is 0 Å². The van der Waals surface area contributed by atoms with Gasteiger partial charge in [-0.1, -0.05) is 19.8 Å². The molecule has 0 radical (unpaired) electrons. The maximum absolute atomic E-state index is 2.66. The van der Waals surface area contributed by atoms with Gasteiger partial charge in [-0.25, -0.2) is 0 Å². The molecule has 0 unspecified atom stereocenters. The van der Waals surface area contributed by atoms with E-state index in [1.54, 1.807) is 0 Å². The molecule has 96 valence electrons. The number of nitrogens with zero attached hydrogens (tertiary/aromatic N) is 2. The monoisotopic (exact) mass is 226 g/mol. The maximum atomic E-state index is 2.66. The molecule has 16 heavy (non-hydrogen) atoms. The zero-order valence-corrected chi connectivity index (χ0v) is 11.9. The fourth-order valence-corrected chi connectivity index (χ4v) is 3.23. The summed E-state index contributed by atoms with van der Waals surface area (Å²) in [5, 5.41) is 0. The van der Waals surface area contributed by atoms with Gasteiger partial charge in [-0.2, -0.15) is 0 Å². The average Bonchev–Trinajstić information content (AvgIpc) is 2.16. The molecule has 1 rings (SSSR count). The Morgan fingerprint density at radius 3 is 2.06 bits per heavy atom. The minimum atomic E-state index is 0.683. The van der Waals surface area contributed by atoms with Crippen LogP contribution in [0.5, 0.6) is 0 Å². The number of unbranched alkanes of at least 4 members (excludes halogenated alkanes) is 2. The maximum Gasteiger partial charge on any atom is 0.0200 e. The Hall–Kier alpha value is -0.0800. The molecular weight excluding hydrogens is 196 g/mol. The highest BCUT2D eigenvalue weighted by Crippen LogP contribution is 2.18. The van der Waals surface area contributed by atoms with Gasteiger partial charge in [0.15, 0.2) is 0 Å². The molecule has 1 aliphatic rings. The highest BCUT2D eigenvalue weighted by molar-refractivity contribution is 4.86. The standard InChI is InChI=1S/C14H30N2/c1-6-7-8-9-15-10-13(4)16(12(2)3)14(5)11-15/h12-14H,6-11H2,1-5H3/t13-,14+. The Morgan fingerprint density at radius 1 is 1.06 bits per heavy atom. The number of hydrogen-bond acceptors (Lipinski definition) is 2. The second-order valence-electron chi connectivity index (χ2n) is 5.71. The van der Waals surface area contributed by atoms with Crippen molar-refractivity contribution >= 4 is 0 Å². The molecule has 1 aliphatic heterocycles. The molecule has 2 heteroatoms. The topological polar surface area (TPSA) is 6.48 Å². The molecule has 2 nitrogen and oxygen atoms in total. The molecule has 0 aromatic carbocycles. The van der Waals surface area contributed by atoms with Crippen LogP contribution in [-0.2, 0) is 0 Å². The summed E-state index contributed by atoms with van der Waals surface area (Å²) in [7, 11) is 0. The first-order valence-corrected chi connectivity index (χ1v) is 7.06. The Balaban J connectivity index is 2.39. The summed E-state index contributed by atoms with van der Waals surface area (Å²) in [4.78, 5) is 5.32. The fraction of sp³-hybridized carbons (Fsp3) is 1.00. The average molecular weight is 226 g/mol. The predicted molar refractivity (Wildman–Crippen MR) is 71.9 cm³/mol. The van der Waals surface area contributed by atoms with Gasteiger partial charge in [0.25, 0.3) is 0 Å². The predicted octanol–water partition coefficient (Wildman–Crippen LogP) is 2.98. The smallest absolute Gasteiger partial charge is 0.0200 e. The van der Waals surface area contributed by atoms with Crippen molar-refractivity contribution in [2.75, 3.05) is 19.6 Å². The minimum Gasteiger partial charge on any atom is -0.300 e. The van der Waals surface area contributed by atoms with Gasteiger partial charge in [0.1, 0.15) is 0 Å². The molecule has 0 bridgehead atoms. The lowest BCUT2D eigenvalue weighted by molar-refractivity contribution is 0.0161. The van der Waals surface area contributed by atoms with Crippen LogP contribution in [0.1, 0.15) is 53.9 Å². The molecule has 1 fully saturated rings. The van der Waals surface area contributed by atoms with Crippen molar-refractivity contribution in [3.05, 3.63) is 0 Å². The second kappa shape index (κ2) is 6.61. The summed E-state index contributed by atoms with van der Waals surface area (Å²) in [5.41, 5.74) is 0. The van der Waals surface area contributed by atoms with Gasteiger partial charge in [0.2, 0.25) is 0 Å². The summed E-state index contributed by atoms with van der Waals surface area (Å²) >= 11 is 0. The lowest BCUT2D eigenvalue weighted by atomic mass is 10.0. The van der Waals surface area contributed by atoms with Crippen LogP contribution >= 0.6 is 0 Å². The van der Waals surface area contributed by atoms with E-state index in [-0.39, 0.29) is 0 Å². The normalized spacial score (nSPS) is 28.9. The van der Waals surface area contributed by atoms with Crippen LogP contribution in [0, 0.1) is 0 Å². The van der Waals surface area contributed by atoms with Gasteiger partial charge in [0, 0.05) is 31.2 Å². The number of rotatable bonds is 5. The molecular formula is C14H30N2. The van der Waals surface area contributed by atoms with Crippen molar-refractivity contribution in [1.82, 2.24) is 9.80 Å². The van der Waals surface area contributed by atoms with Gasteiger partial charge in [-0.15, -0.1) is 0 Å². The van der Waals surface area contributed by atoms with Gasteiger partial charge in [-0.3, -0.25) is 4.90 Å². The van der Waals surface area contributed by atoms with Gasteiger partial charge >= 0.3 is 0 Å². The van der Waals surface area contributed by atoms with Crippen molar-refractivity contribution in [3.63, 3.8) is 0 Å². The van der Waals surface area contributed by atoms with E-state index in [0.29, 0.717) is 18.1 Å². The zero-order valence-electron chi connectivity index (χ0n) is 11.9. The molecule has 0 spiro atoms. The van der Waals surface area contributed by atoms with Crippen molar-refractivity contribution < 1.29 is 0 Å². The highest BCUT2D eigenvalue weighted by Gasteiger charge is 2.30. The third-order valence-corrected chi connectivity index (χ3v) is 3.74. The highest BCUT2D eigenvalue weighted by atomic mass is 15.3. The van der Waals surface area contributed by atoms with Crippen molar-refractivity contribution in [2.45, 2.75) is 72.0 Å². The first-order valence-electron chi connectivity index (χ1n) is 7.06. The summed E-state index contributed by atoms with van der Waals surface area (Å²) in [5.74, 6) is 0. The van der Waals surface area contributed by atoms with Crippen LogP contribution in [0.4, 0.5) is 0 Å². The van der Waals surface area contributed by atoms with Gasteiger partial charge < -0.3 is 4.90 Å². The van der Waals surface area contributed by atoms with Crippen LogP contribution in [0.2, 0.25) is 0 Å². The molecule has 1 saturated heterocycles. The molecule has 0 amide bonds. The van der Waals surface area contributed by atoms with Crippen molar-refractivity contribution in [2.24, 2.45) is 0 Å². The summed E-state index contributed by atoms with van der Waals surface area (Å²) in [6.45, 7) is 15.5. The number of hydrogen-bond donors (Lipinski definition) is 0. The third kappa shape index (κ3) is 3.74. The van der Waals surface area contributed by atoms with Gasteiger partial charge in [0.05, 0.1) is 0 Å². The van der Waals surface area contributed by atoms with E-state index in [9.17, 15) is 0 Å². The van der Waals surface area contributed by atoms with E-state index in [1.165, 1.54) is 38.9 Å². The van der Waals surface area contributed by atoms with E-state index in [2.05, 4.69) is 44.4 Å². The third-order valence-electron chi connectivity index (χ3n) is 3.74. The fourth-order valence-electron chi connectivity index (χ4n) is 3.23. The lowest BCUT2D eigenvalue weighted by Gasteiger charge is -2.46. The van der Waals surface area contributed by atoms with E-state index in [0.717, 1.165) is 0 Å². The zero-order chi connectivity index (χ0) is 12.1. The Labute approximate surface area is 102 Å². The van der Waals surface area contributed by atoms with E-state index < -0.39 is 0 Å². The van der Waals surface area contributed by atoms with E-state index in [1.807, 2.05) is 0 Å². The van der Waals surface area contributed by atoms with Crippen LogP contribution in [0.25, 0.3) is 0 Å². The molecule has 0 aromatic heterocycles. The van der Waals surface area contributed by atoms with Gasteiger partial charge in [-0.05, 0) is 40.7 Å². The molecule has 0 N–H and O–H groups in total. The minimum absolute atomic E-state index is 0.683. The van der Waals surface area contributed by atoms with E-state index >= 15 is 0 Å². The van der Waals surface area contributed by atoms with Crippen LogP contribution in [0.3, 0.4) is 0 Å². The molecule has 1 heterocycles. The summed E-state index contributed by atoms with van der Waals surface area (Å²) in [6, 6.07) is 2.11. The number of piperazine rings is 1. The van der Waals surface area contributed by atoms with Crippen LogP contribution in [-0.4, -0.2) is 47.6 Å². The summed E-state index contributed by atoms with van der Waals surface area (Å²) < 4.78 is 0. The Kier molecular flexibility index (Phi) is 5.77. The molecule has 0 aromatic rings. The van der Waals surface area contributed by atoms with Crippen molar-refractivity contribution in [3.8, 4) is 0 Å². The first kappa shape index (κ1) is 14.0. The first-order chi connectivity index (χ1) is 7.56. The molecule has 0 saturated carbocycles. The quantitative estimate of drug-likeness (QED) is 0.665. The Bertz CT molecular complexity index is 179. The van der Waals surface area contributed by atoms with E-state index in [4.69, 9.17) is 0 Å². The van der Waals surface area contributed by atoms with Crippen molar-refractivity contribution in [1.29, 1.82) is 0 Å². The van der Waals surface area contributed by atoms with Crippen LogP contribution < -0.4 is 0 Å². The second-order valence-corrected chi connectivity index (χ2v) is 5.71. The lowest BCUT2D eigenvalue weighted by Crippen LogP contribution is -2.58. The Morgan fingerprint density at radius 2 is 1.62 bits per heavy atom. The molecule has 0 aliphatic carbocycles. The SMILES string of the molecule is CCCCCN1C[C@@H](C)N(C(C)C)[C@@H](C)C1.